The second-order valence-electron chi connectivity index (χ2n) is 7.75. The summed E-state index contributed by atoms with van der Waals surface area (Å²) >= 11 is 0. The second-order valence-corrected chi connectivity index (χ2v) is 7.75. The SMILES string of the molecule is Nc1c(N(CCOc2ccccc2F)Cc2ccccc2)c(=O)[nH]c(=O)n1Cc1ccccc1. The van der Waals surface area contributed by atoms with E-state index in [1.54, 1.807) is 17.0 Å². The van der Waals surface area contributed by atoms with Crippen LogP contribution in [0.1, 0.15) is 11.1 Å². The molecule has 0 unspecified atom stereocenters. The standard InChI is InChI=1S/C26H25FN4O3/c27-21-13-7-8-14-22(21)34-16-15-30(17-19-9-3-1-4-10-19)23-24(28)31(26(33)29-25(23)32)18-20-11-5-2-6-12-20/h1-14H,15-18,28H2,(H,29,32,33). The zero-order chi connectivity index (χ0) is 23.9. The minimum atomic E-state index is -0.589. The van der Waals surface area contributed by atoms with E-state index in [1.165, 1.54) is 16.7 Å². The highest BCUT2D eigenvalue weighted by Gasteiger charge is 2.20. The number of rotatable bonds is 9. The number of anilines is 2. The monoisotopic (exact) mass is 460 g/mol. The molecule has 0 radical (unpaired) electrons. The van der Waals surface area contributed by atoms with Gasteiger partial charge in [0.15, 0.2) is 11.6 Å². The van der Waals surface area contributed by atoms with Crippen LogP contribution < -0.4 is 26.6 Å². The number of aromatic amines is 1. The van der Waals surface area contributed by atoms with Crippen molar-refractivity contribution in [2.24, 2.45) is 0 Å². The summed E-state index contributed by atoms with van der Waals surface area (Å²) in [6.07, 6.45) is 0. The minimum Gasteiger partial charge on any atom is -0.489 e. The van der Waals surface area contributed by atoms with Crippen LogP contribution in [0.3, 0.4) is 0 Å². The van der Waals surface area contributed by atoms with Crippen LogP contribution in [0.4, 0.5) is 15.9 Å². The Morgan fingerprint density at radius 2 is 1.50 bits per heavy atom. The molecule has 174 valence electrons. The topological polar surface area (TPSA) is 93.3 Å². The van der Waals surface area contributed by atoms with Gasteiger partial charge in [0.25, 0.3) is 5.56 Å². The van der Waals surface area contributed by atoms with Crippen LogP contribution in [0.25, 0.3) is 0 Å². The number of nitrogens with zero attached hydrogens (tertiary/aromatic N) is 2. The largest absolute Gasteiger partial charge is 0.489 e. The number of benzene rings is 3. The lowest BCUT2D eigenvalue weighted by Gasteiger charge is -2.26. The first-order chi connectivity index (χ1) is 16.5. The third kappa shape index (κ3) is 5.35. The highest BCUT2D eigenvalue weighted by Crippen LogP contribution is 2.21. The van der Waals surface area contributed by atoms with E-state index in [0.29, 0.717) is 6.54 Å². The number of para-hydroxylation sites is 1. The molecule has 0 saturated carbocycles. The Labute approximate surface area is 195 Å². The lowest BCUT2D eigenvalue weighted by Crippen LogP contribution is -2.39. The highest BCUT2D eigenvalue weighted by atomic mass is 19.1. The average Bonchev–Trinajstić information content (AvgIpc) is 2.84. The Kier molecular flexibility index (Phi) is 7.07. The van der Waals surface area contributed by atoms with Crippen LogP contribution in [0.2, 0.25) is 0 Å². The zero-order valence-electron chi connectivity index (χ0n) is 18.5. The van der Waals surface area contributed by atoms with E-state index in [9.17, 15) is 14.0 Å². The highest BCUT2D eigenvalue weighted by molar-refractivity contribution is 5.62. The lowest BCUT2D eigenvalue weighted by molar-refractivity contribution is 0.306. The third-order valence-electron chi connectivity index (χ3n) is 5.39. The van der Waals surface area contributed by atoms with Gasteiger partial charge in [-0.25, -0.2) is 9.18 Å². The van der Waals surface area contributed by atoms with Crippen molar-refractivity contribution >= 4 is 11.5 Å². The van der Waals surface area contributed by atoms with Gasteiger partial charge in [0.2, 0.25) is 0 Å². The second kappa shape index (κ2) is 10.5. The third-order valence-corrected chi connectivity index (χ3v) is 5.39. The molecule has 0 aliphatic rings. The predicted octanol–water partition coefficient (Wildman–Crippen LogP) is 3.39. The van der Waals surface area contributed by atoms with Gasteiger partial charge >= 0.3 is 5.69 Å². The van der Waals surface area contributed by atoms with Gasteiger partial charge in [0, 0.05) is 6.54 Å². The fraction of sp³-hybridized carbons (Fsp3) is 0.154. The van der Waals surface area contributed by atoms with E-state index in [2.05, 4.69) is 4.98 Å². The molecule has 0 atom stereocenters. The van der Waals surface area contributed by atoms with Crippen molar-refractivity contribution in [3.8, 4) is 5.75 Å². The maximum Gasteiger partial charge on any atom is 0.330 e. The first-order valence-electron chi connectivity index (χ1n) is 10.9. The first-order valence-corrected chi connectivity index (χ1v) is 10.9. The molecule has 3 aromatic carbocycles. The van der Waals surface area contributed by atoms with Gasteiger partial charge in [-0.05, 0) is 23.3 Å². The molecule has 0 aliphatic carbocycles. The Morgan fingerprint density at radius 1 is 0.882 bits per heavy atom. The molecular weight excluding hydrogens is 435 g/mol. The van der Waals surface area contributed by atoms with Crippen LogP contribution in [0.5, 0.6) is 5.75 Å². The molecule has 0 spiro atoms. The fourth-order valence-electron chi connectivity index (χ4n) is 3.71. The summed E-state index contributed by atoms with van der Waals surface area (Å²) in [5, 5.41) is 0. The molecule has 4 aromatic rings. The number of hydrogen-bond acceptors (Lipinski definition) is 5. The number of H-pyrrole nitrogens is 1. The van der Waals surface area contributed by atoms with Crippen LogP contribution in [-0.4, -0.2) is 22.7 Å². The van der Waals surface area contributed by atoms with Crippen LogP contribution in [0, 0.1) is 5.82 Å². The van der Waals surface area contributed by atoms with Crippen molar-refractivity contribution in [1.29, 1.82) is 0 Å². The van der Waals surface area contributed by atoms with E-state index in [4.69, 9.17) is 10.5 Å². The number of nitrogens with two attached hydrogens (primary N) is 1. The summed E-state index contributed by atoms with van der Waals surface area (Å²) in [6, 6.07) is 25.0. The number of hydrogen-bond donors (Lipinski definition) is 2. The average molecular weight is 461 g/mol. The predicted molar refractivity (Wildman–Crippen MR) is 131 cm³/mol. The van der Waals surface area contributed by atoms with Gasteiger partial charge in [0.05, 0.1) is 13.1 Å². The van der Waals surface area contributed by atoms with Crippen molar-refractivity contribution in [2.45, 2.75) is 13.1 Å². The molecule has 8 heteroatoms. The number of halogens is 1. The molecule has 0 bridgehead atoms. The molecule has 34 heavy (non-hydrogen) atoms. The normalized spacial score (nSPS) is 10.7. The molecule has 1 heterocycles. The summed E-state index contributed by atoms with van der Waals surface area (Å²) in [5.41, 5.74) is 7.19. The van der Waals surface area contributed by atoms with Crippen LogP contribution in [-0.2, 0) is 13.1 Å². The molecule has 0 amide bonds. The number of nitrogen functional groups attached to an aromatic ring is 1. The van der Waals surface area contributed by atoms with Crippen LogP contribution in [0.15, 0.2) is 94.5 Å². The van der Waals surface area contributed by atoms with Gasteiger partial charge < -0.3 is 15.4 Å². The maximum atomic E-state index is 14.0. The number of ether oxygens (including phenoxy) is 1. The van der Waals surface area contributed by atoms with Gasteiger partial charge in [-0.3, -0.25) is 14.3 Å². The van der Waals surface area contributed by atoms with Crippen molar-refractivity contribution in [2.75, 3.05) is 23.8 Å². The van der Waals surface area contributed by atoms with E-state index >= 15 is 0 Å². The fourth-order valence-corrected chi connectivity index (χ4v) is 3.71. The van der Waals surface area contributed by atoms with Crippen molar-refractivity contribution in [3.63, 3.8) is 0 Å². The van der Waals surface area contributed by atoms with Crippen LogP contribution >= 0.6 is 0 Å². The number of aromatic nitrogens is 2. The lowest BCUT2D eigenvalue weighted by atomic mass is 10.2. The summed E-state index contributed by atoms with van der Waals surface area (Å²) < 4.78 is 20.9. The van der Waals surface area contributed by atoms with E-state index in [-0.39, 0.29) is 37.0 Å². The molecule has 7 nitrogen and oxygen atoms in total. The molecular formula is C26H25FN4O3. The Balaban J connectivity index is 1.66. The van der Waals surface area contributed by atoms with Gasteiger partial charge in [-0.15, -0.1) is 0 Å². The summed E-state index contributed by atoms with van der Waals surface area (Å²) in [4.78, 5) is 29.6. The molecule has 1 aromatic heterocycles. The zero-order valence-corrected chi connectivity index (χ0v) is 18.5. The van der Waals surface area contributed by atoms with Crippen molar-refractivity contribution in [3.05, 3.63) is 123 Å². The molecule has 3 N–H and O–H groups in total. The quantitative estimate of drug-likeness (QED) is 0.399. The van der Waals surface area contributed by atoms with E-state index < -0.39 is 17.1 Å². The van der Waals surface area contributed by atoms with Crippen molar-refractivity contribution < 1.29 is 9.13 Å². The molecule has 0 aliphatic heterocycles. The Morgan fingerprint density at radius 3 is 2.18 bits per heavy atom. The summed E-state index contributed by atoms with van der Waals surface area (Å²) in [5.74, 6) is -0.289. The summed E-state index contributed by atoms with van der Waals surface area (Å²) in [6.45, 7) is 0.892. The van der Waals surface area contributed by atoms with Gasteiger partial charge in [0.1, 0.15) is 18.1 Å². The van der Waals surface area contributed by atoms with Gasteiger partial charge in [-0.2, -0.15) is 0 Å². The molecule has 0 fully saturated rings. The smallest absolute Gasteiger partial charge is 0.330 e. The van der Waals surface area contributed by atoms with E-state index in [1.807, 2.05) is 60.7 Å². The Hall–Kier alpha value is -4.33. The van der Waals surface area contributed by atoms with Crippen molar-refractivity contribution in [1.82, 2.24) is 9.55 Å². The number of nitrogens with one attached hydrogen (secondary N) is 1. The minimum absolute atomic E-state index is 0.0550. The van der Waals surface area contributed by atoms with Gasteiger partial charge in [-0.1, -0.05) is 72.8 Å². The summed E-state index contributed by atoms with van der Waals surface area (Å²) in [7, 11) is 0. The van der Waals surface area contributed by atoms with E-state index in [0.717, 1.165) is 11.1 Å². The molecule has 4 rings (SSSR count). The first kappa shape index (κ1) is 22.8. The molecule has 0 saturated heterocycles. The maximum absolute atomic E-state index is 14.0. The Bertz CT molecular complexity index is 1350.